The molecule has 0 aliphatic carbocycles. The molecule has 0 amide bonds. The first-order valence-electron chi connectivity index (χ1n) is 6.35. The largest absolute Gasteiger partial charge is 0.469 e. The van der Waals surface area contributed by atoms with E-state index in [-0.39, 0.29) is 0 Å². The van der Waals surface area contributed by atoms with Crippen molar-refractivity contribution in [1.82, 2.24) is 5.32 Å². The summed E-state index contributed by atoms with van der Waals surface area (Å²) in [5.74, 6) is 1.02. The van der Waals surface area contributed by atoms with E-state index in [4.69, 9.17) is 27.6 Å². The van der Waals surface area contributed by atoms with Gasteiger partial charge in [0.05, 0.1) is 16.3 Å². The summed E-state index contributed by atoms with van der Waals surface area (Å²) in [4.78, 5) is 0. The van der Waals surface area contributed by atoms with E-state index in [2.05, 4.69) is 12.2 Å². The predicted molar refractivity (Wildman–Crippen MR) is 79.8 cm³/mol. The van der Waals surface area contributed by atoms with E-state index in [1.54, 1.807) is 12.3 Å². The number of halogens is 2. The van der Waals surface area contributed by atoms with Crippen LogP contribution < -0.4 is 5.32 Å². The molecule has 0 saturated heterocycles. The molecule has 1 heterocycles. The Bertz CT molecular complexity index is 511. The fourth-order valence-corrected chi connectivity index (χ4v) is 2.27. The SMILES string of the molecule is CC(CCc1ccco1)NCc1cccc(Cl)c1Cl. The topological polar surface area (TPSA) is 25.2 Å². The van der Waals surface area contributed by atoms with Gasteiger partial charge in [-0.15, -0.1) is 0 Å². The molecule has 1 aromatic heterocycles. The highest BCUT2D eigenvalue weighted by Gasteiger charge is 2.07. The van der Waals surface area contributed by atoms with Crippen molar-refractivity contribution in [3.8, 4) is 0 Å². The summed E-state index contributed by atoms with van der Waals surface area (Å²) in [5, 5.41) is 4.68. The van der Waals surface area contributed by atoms with Gasteiger partial charge < -0.3 is 9.73 Å². The molecule has 19 heavy (non-hydrogen) atoms. The Balaban J connectivity index is 1.80. The molecule has 0 radical (unpaired) electrons. The van der Waals surface area contributed by atoms with Crippen molar-refractivity contribution in [3.63, 3.8) is 0 Å². The average Bonchev–Trinajstić information content (AvgIpc) is 2.91. The molecule has 0 bridgehead atoms. The molecular weight excluding hydrogens is 281 g/mol. The zero-order valence-corrected chi connectivity index (χ0v) is 12.3. The van der Waals surface area contributed by atoms with E-state index in [9.17, 15) is 0 Å². The van der Waals surface area contributed by atoms with Crippen molar-refractivity contribution < 1.29 is 4.42 Å². The first-order valence-corrected chi connectivity index (χ1v) is 7.11. The molecule has 0 spiro atoms. The molecule has 0 aliphatic rings. The minimum Gasteiger partial charge on any atom is -0.469 e. The van der Waals surface area contributed by atoms with E-state index >= 15 is 0 Å². The summed E-state index contributed by atoms with van der Waals surface area (Å²) in [7, 11) is 0. The molecule has 1 N–H and O–H groups in total. The van der Waals surface area contributed by atoms with Gasteiger partial charge in [-0.05, 0) is 37.1 Å². The number of aryl methyl sites for hydroxylation is 1. The van der Waals surface area contributed by atoms with E-state index in [0.29, 0.717) is 16.1 Å². The number of hydrogen-bond donors (Lipinski definition) is 1. The van der Waals surface area contributed by atoms with Crippen LogP contribution in [0.5, 0.6) is 0 Å². The number of furan rings is 1. The third-order valence-corrected chi connectivity index (χ3v) is 3.93. The highest BCUT2D eigenvalue weighted by molar-refractivity contribution is 6.42. The maximum atomic E-state index is 6.15. The van der Waals surface area contributed by atoms with Crippen LogP contribution in [0.4, 0.5) is 0 Å². The smallest absolute Gasteiger partial charge is 0.103 e. The van der Waals surface area contributed by atoms with E-state index in [1.807, 2.05) is 24.3 Å². The highest BCUT2D eigenvalue weighted by atomic mass is 35.5. The fraction of sp³-hybridized carbons (Fsp3) is 0.333. The van der Waals surface area contributed by atoms with Crippen LogP contribution in [0.15, 0.2) is 41.0 Å². The monoisotopic (exact) mass is 297 g/mol. The molecule has 4 heteroatoms. The lowest BCUT2D eigenvalue weighted by atomic mass is 10.1. The lowest BCUT2D eigenvalue weighted by Crippen LogP contribution is -2.26. The third kappa shape index (κ3) is 4.27. The van der Waals surface area contributed by atoms with Crippen molar-refractivity contribution in [2.75, 3.05) is 0 Å². The second kappa shape index (κ2) is 6.99. The standard InChI is InChI=1S/C15H17Cl2NO/c1-11(7-8-13-5-3-9-19-13)18-10-12-4-2-6-14(16)15(12)17/h2-6,9,11,18H,7-8,10H2,1H3. The van der Waals surface area contributed by atoms with E-state index < -0.39 is 0 Å². The fourth-order valence-electron chi connectivity index (χ4n) is 1.88. The van der Waals surface area contributed by atoms with Gasteiger partial charge in [0.1, 0.15) is 5.76 Å². The Morgan fingerprint density at radius 2 is 2.05 bits per heavy atom. The van der Waals surface area contributed by atoms with Crippen LogP contribution in [0.3, 0.4) is 0 Å². The molecule has 2 aromatic rings. The van der Waals surface area contributed by atoms with Gasteiger partial charge in [-0.1, -0.05) is 35.3 Å². The van der Waals surface area contributed by atoms with Crippen molar-refractivity contribution in [2.24, 2.45) is 0 Å². The van der Waals surface area contributed by atoms with Crippen LogP contribution in [0.25, 0.3) is 0 Å². The molecule has 1 aromatic carbocycles. The Labute approximate surface area is 123 Å². The normalized spacial score (nSPS) is 12.6. The first kappa shape index (κ1) is 14.4. The van der Waals surface area contributed by atoms with Gasteiger partial charge in [0.25, 0.3) is 0 Å². The quantitative estimate of drug-likeness (QED) is 0.836. The lowest BCUT2D eigenvalue weighted by Gasteiger charge is -2.14. The molecule has 0 saturated carbocycles. The van der Waals surface area contributed by atoms with Crippen molar-refractivity contribution in [3.05, 3.63) is 58.0 Å². The van der Waals surface area contributed by atoms with Crippen LogP contribution in [0.2, 0.25) is 10.0 Å². The summed E-state index contributed by atoms with van der Waals surface area (Å²) in [6, 6.07) is 10.0. The number of nitrogens with one attached hydrogen (secondary N) is 1. The zero-order valence-electron chi connectivity index (χ0n) is 10.8. The summed E-state index contributed by atoms with van der Waals surface area (Å²) in [5.41, 5.74) is 1.03. The van der Waals surface area contributed by atoms with Gasteiger partial charge in [0.2, 0.25) is 0 Å². The summed E-state index contributed by atoms with van der Waals surface area (Å²) in [6.07, 6.45) is 3.66. The lowest BCUT2D eigenvalue weighted by molar-refractivity contribution is 0.460. The van der Waals surface area contributed by atoms with Crippen LogP contribution in [0.1, 0.15) is 24.7 Å². The Kier molecular flexibility index (Phi) is 5.32. The van der Waals surface area contributed by atoms with Gasteiger partial charge in [-0.25, -0.2) is 0 Å². The van der Waals surface area contributed by atoms with Crippen molar-refractivity contribution >= 4 is 23.2 Å². The number of benzene rings is 1. The third-order valence-electron chi connectivity index (χ3n) is 3.08. The molecule has 2 nitrogen and oxygen atoms in total. The average molecular weight is 298 g/mol. The minimum atomic E-state index is 0.389. The van der Waals surface area contributed by atoms with Crippen molar-refractivity contribution in [2.45, 2.75) is 32.4 Å². The van der Waals surface area contributed by atoms with E-state index in [1.165, 1.54) is 0 Å². The summed E-state index contributed by atoms with van der Waals surface area (Å²) in [6.45, 7) is 2.88. The predicted octanol–water partition coefficient (Wildman–Crippen LogP) is 4.70. The minimum absolute atomic E-state index is 0.389. The van der Waals surface area contributed by atoms with Gasteiger partial charge >= 0.3 is 0 Å². The molecule has 1 atom stereocenters. The molecule has 1 unspecified atom stereocenters. The molecule has 102 valence electrons. The van der Waals surface area contributed by atoms with Gasteiger partial charge in [-0.3, -0.25) is 0 Å². The summed E-state index contributed by atoms with van der Waals surface area (Å²) < 4.78 is 5.32. The first-order chi connectivity index (χ1) is 9.16. The number of hydrogen-bond acceptors (Lipinski definition) is 2. The van der Waals surface area contributed by atoms with Crippen LogP contribution in [-0.2, 0) is 13.0 Å². The maximum absolute atomic E-state index is 6.15. The number of rotatable bonds is 6. The Morgan fingerprint density at radius 1 is 1.21 bits per heavy atom. The second-order valence-electron chi connectivity index (χ2n) is 4.61. The van der Waals surface area contributed by atoms with Gasteiger partial charge in [-0.2, -0.15) is 0 Å². The highest BCUT2D eigenvalue weighted by Crippen LogP contribution is 2.25. The molecule has 2 rings (SSSR count). The van der Waals surface area contributed by atoms with Gasteiger partial charge in [0.15, 0.2) is 0 Å². The Hall–Kier alpha value is -0.960. The van der Waals surface area contributed by atoms with Crippen LogP contribution >= 0.6 is 23.2 Å². The Morgan fingerprint density at radius 3 is 2.79 bits per heavy atom. The van der Waals surface area contributed by atoms with Crippen LogP contribution in [0, 0.1) is 0 Å². The zero-order chi connectivity index (χ0) is 13.7. The van der Waals surface area contributed by atoms with E-state index in [0.717, 1.165) is 30.7 Å². The molecular formula is C15H17Cl2NO. The summed E-state index contributed by atoms with van der Waals surface area (Å²) >= 11 is 12.1. The van der Waals surface area contributed by atoms with Crippen LogP contribution in [-0.4, -0.2) is 6.04 Å². The molecule has 0 fully saturated rings. The maximum Gasteiger partial charge on any atom is 0.103 e. The second-order valence-corrected chi connectivity index (χ2v) is 5.40. The molecule has 0 aliphatic heterocycles. The van der Waals surface area contributed by atoms with Crippen molar-refractivity contribution in [1.29, 1.82) is 0 Å². The van der Waals surface area contributed by atoms with Gasteiger partial charge in [0, 0.05) is 19.0 Å².